The van der Waals surface area contributed by atoms with Gasteiger partial charge in [0.15, 0.2) is 0 Å². The van der Waals surface area contributed by atoms with Crippen molar-refractivity contribution in [3.63, 3.8) is 0 Å². The van der Waals surface area contributed by atoms with Crippen molar-refractivity contribution in [2.45, 2.75) is 13.5 Å². The van der Waals surface area contributed by atoms with E-state index in [1.54, 1.807) is 6.92 Å². The fourth-order valence-electron chi connectivity index (χ4n) is 1.80. The number of aryl methyl sites for hydroxylation is 1. The van der Waals surface area contributed by atoms with E-state index < -0.39 is 10.9 Å². The van der Waals surface area contributed by atoms with Crippen molar-refractivity contribution in [3.8, 4) is 0 Å². The van der Waals surface area contributed by atoms with Gasteiger partial charge in [-0.15, -0.1) is 0 Å². The lowest BCUT2D eigenvalue weighted by atomic mass is 10.1. The molecule has 0 aliphatic heterocycles. The zero-order chi connectivity index (χ0) is 15.4. The molecule has 0 atom stereocenters. The first kappa shape index (κ1) is 14.6. The third kappa shape index (κ3) is 3.62. The molecule has 0 unspecified atom stereocenters. The van der Waals surface area contributed by atoms with Crippen LogP contribution in [-0.2, 0) is 11.3 Å². The molecule has 0 N–H and O–H groups in total. The predicted octanol–water partition coefficient (Wildman–Crippen LogP) is 3.40. The Morgan fingerprint density at radius 3 is 2.48 bits per heavy atom. The number of benzene rings is 2. The number of halogens is 1. The Morgan fingerprint density at radius 2 is 1.90 bits per heavy atom. The number of nitrogens with zero attached hydrogens (tertiary/aromatic N) is 1. The number of ether oxygens (including phenoxy) is 1. The van der Waals surface area contributed by atoms with Gasteiger partial charge in [-0.3, -0.25) is 10.1 Å². The van der Waals surface area contributed by atoms with E-state index in [1.165, 1.54) is 42.5 Å². The minimum Gasteiger partial charge on any atom is -0.457 e. The first-order chi connectivity index (χ1) is 9.97. The average Bonchev–Trinajstić information content (AvgIpc) is 2.45. The Bertz CT molecular complexity index is 683. The third-order valence-electron chi connectivity index (χ3n) is 2.91. The molecule has 0 aromatic heterocycles. The lowest BCUT2D eigenvalue weighted by Crippen LogP contribution is -2.06. The number of rotatable bonds is 4. The van der Waals surface area contributed by atoms with Crippen molar-refractivity contribution < 1.29 is 18.8 Å². The van der Waals surface area contributed by atoms with E-state index in [9.17, 15) is 19.3 Å². The van der Waals surface area contributed by atoms with E-state index >= 15 is 0 Å². The molecule has 0 heterocycles. The van der Waals surface area contributed by atoms with Crippen LogP contribution in [-0.4, -0.2) is 10.9 Å². The van der Waals surface area contributed by atoms with Crippen LogP contribution in [0.4, 0.5) is 10.1 Å². The van der Waals surface area contributed by atoms with Gasteiger partial charge in [0.05, 0.1) is 10.5 Å². The van der Waals surface area contributed by atoms with E-state index in [-0.39, 0.29) is 23.7 Å². The Balaban J connectivity index is 2.05. The van der Waals surface area contributed by atoms with Crippen molar-refractivity contribution >= 4 is 11.7 Å². The molecule has 0 fully saturated rings. The Hall–Kier alpha value is -2.76. The van der Waals surface area contributed by atoms with Crippen LogP contribution in [0.5, 0.6) is 0 Å². The average molecular weight is 289 g/mol. The molecule has 0 radical (unpaired) electrons. The van der Waals surface area contributed by atoms with Crippen molar-refractivity contribution in [1.29, 1.82) is 0 Å². The van der Waals surface area contributed by atoms with Crippen molar-refractivity contribution in [2.24, 2.45) is 0 Å². The van der Waals surface area contributed by atoms with Crippen LogP contribution in [0.3, 0.4) is 0 Å². The molecular weight excluding hydrogens is 277 g/mol. The molecule has 0 aliphatic rings. The van der Waals surface area contributed by atoms with Gasteiger partial charge in [0, 0.05) is 11.6 Å². The van der Waals surface area contributed by atoms with Gasteiger partial charge in [0.1, 0.15) is 12.4 Å². The fourth-order valence-corrected chi connectivity index (χ4v) is 1.80. The van der Waals surface area contributed by atoms with Crippen LogP contribution >= 0.6 is 0 Å². The number of nitro benzene ring substituents is 1. The highest BCUT2D eigenvalue weighted by atomic mass is 19.1. The van der Waals surface area contributed by atoms with Gasteiger partial charge >= 0.3 is 5.97 Å². The first-order valence-electron chi connectivity index (χ1n) is 6.14. The second-order valence-corrected chi connectivity index (χ2v) is 4.46. The van der Waals surface area contributed by atoms with Gasteiger partial charge in [-0.25, -0.2) is 9.18 Å². The second-order valence-electron chi connectivity index (χ2n) is 4.46. The molecule has 0 amide bonds. The summed E-state index contributed by atoms with van der Waals surface area (Å²) < 4.78 is 17.8. The number of hydrogen-bond acceptors (Lipinski definition) is 4. The largest absolute Gasteiger partial charge is 0.457 e. The zero-order valence-electron chi connectivity index (χ0n) is 11.2. The molecule has 2 aromatic rings. The van der Waals surface area contributed by atoms with E-state index in [0.717, 1.165) is 0 Å². The van der Waals surface area contributed by atoms with E-state index in [0.29, 0.717) is 11.1 Å². The third-order valence-corrected chi connectivity index (χ3v) is 2.91. The summed E-state index contributed by atoms with van der Waals surface area (Å²) in [6.07, 6.45) is 0. The molecule has 2 rings (SSSR count). The maximum absolute atomic E-state index is 12.7. The first-order valence-corrected chi connectivity index (χ1v) is 6.14. The molecule has 0 saturated carbocycles. The number of carbonyl (C=O) groups excluding carboxylic acids is 1. The van der Waals surface area contributed by atoms with Crippen LogP contribution in [0.1, 0.15) is 21.5 Å². The molecule has 0 bridgehead atoms. The summed E-state index contributed by atoms with van der Waals surface area (Å²) in [5.74, 6) is -0.951. The number of esters is 1. The number of nitro groups is 1. The maximum atomic E-state index is 12.7. The lowest BCUT2D eigenvalue weighted by molar-refractivity contribution is -0.385. The summed E-state index contributed by atoms with van der Waals surface area (Å²) in [6.45, 7) is 1.56. The van der Waals surface area contributed by atoms with Crippen molar-refractivity contribution in [2.75, 3.05) is 0 Å². The number of hydrogen-bond donors (Lipinski definition) is 0. The van der Waals surface area contributed by atoms with Gasteiger partial charge in [0.25, 0.3) is 5.69 Å². The molecule has 5 nitrogen and oxygen atoms in total. The Morgan fingerprint density at radius 1 is 1.24 bits per heavy atom. The minimum absolute atomic E-state index is 0.00908. The molecule has 6 heteroatoms. The standard InChI is InChI=1S/C15H12FNO4/c1-10-8-12(4-7-14(10)17(19)20)15(18)21-9-11-2-5-13(16)6-3-11/h2-8H,9H2,1H3. The van der Waals surface area contributed by atoms with E-state index in [2.05, 4.69) is 0 Å². The predicted molar refractivity (Wildman–Crippen MR) is 73.4 cm³/mol. The van der Waals surface area contributed by atoms with Crippen LogP contribution in [0.15, 0.2) is 42.5 Å². The Kier molecular flexibility index (Phi) is 4.27. The highest BCUT2D eigenvalue weighted by Gasteiger charge is 2.14. The summed E-state index contributed by atoms with van der Waals surface area (Å²) in [5, 5.41) is 10.7. The van der Waals surface area contributed by atoms with Crippen LogP contribution in [0, 0.1) is 22.9 Å². The van der Waals surface area contributed by atoms with Gasteiger partial charge in [-0.1, -0.05) is 12.1 Å². The molecular formula is C15H12FNO4. The number of carbonyl (C=O) groups is 1. The topological polar surface area (TPSA) is 69.4 Å². The van der Waals surface area contributed by atoms with Gasteiger partial charge in [-0.05, 0) is 36.8 Å². The second kappa shape index (κ2) is 6.13. The minimum atomic E-state index is -0.586. The van der Waals surface area contributed by atoms with E-state index in [4.69, 9.17) is 4.74 Å². The molecule has 21 heavy (non-hydrogen) atoms. The smallest absolute Gasteiger partial charge is 0.338 e. The highest BCUT2D eigenvalue weighted by Crippen LogP contribution is 2.19. The summed E-state index contributed by atoms with van der Waals surface area (Å²) in [7, 11) is 0. The highest BCUT2D eigenvalue weighted by molar-refractivity contribution is 5.90. The van der Waals surface area contributed by atoms with E-state index in [1.807, 2.05) is 0 Å². The molecule has 2 aromatic carbocycles. The lowest BCUT2D eigenvalue weighted by Gasteiger charge is -2.06. The quantitative estimate of drug-likeness (QED) is 0.491. The van der Waals surface area contributed by atoms with Crippen LogP contribution in [0.25, 0.3) is 0 Å². The SMILES string of the molecule is Cc1cc(C(=O)OCc2ccc(F)cc2)ccc1[N+](=O)[O-]. The zero-order valence-corrected chi connectivity index (χ0v) is 11.2. The summed E-state index contributed by atoms with van der Waals surface area (Å²) in [4.78, 5) is 22.0. The molecule has 0 saturated heterocycles. The normalized spacial score (nSPS) is 10.2. The fraction of sp³-hybridized carbons (Fsp3) is 0.133. The van der Waals surface area contributed by atoms with Crippen LogP contribution < -0.4 is 0 Å². The molecule has 108 valence electrons. The summed E-state index contributed by atoms with van der Waals surface area (Å²) in [5.41, 5.74) is 1.23. The van der Waals surface area contributed by atoms with Crippen LogP contribution in [0.2, 0.25) is 0 Å². The van der Waals surface area contributed by atoms with Crippen molar-refractivity contribution in [1.82, 2.24) is 0 Å². The van der Waals surface area contributed by atoms with Gasteiger partial charge in [-0.2, -0.15) is 0 Å². The molecule has 0 spiro atoms. The van der Waals surface area contributed by atoms with Gasteiger partial charge < -0.3 is 4.74 Å². The Labute approximate surface area is 120 Å². The van der Waals surface area contributed by atoms with Crippen molar-refractivity contribution in [3.05, 3.63) is 75.1 Å². The van der Waals surface area contributed by atoms with Gasteiger partial charge in [0.2, 0.25) is 0 Å². The summed E-state index contributed by atoms with van der Waals surface area (Å²) in [6, 6.07) is 9.61. The maximum Gasteiger partial charge on any atom is 0.338 e. The monoisotopic (exact) mass is 289 g/mol. The summed E-state index contributed by atoms with van der Waals surface area (Å²) >= 11 is 0. The molecule has 0 aliphatic carbocycles.